The number of benzene rings is 1. The third kappa shape index (κ3) is 4.48. The lowest BCUT2D eigenvalue weighted by molar-refractivity contribution is 0.466. The third-order valence-corrected chi connectivity index (χ3v) is 5.62. The lowest BCUT2D eigenvalue weighted by atomic mass is 10.1. The van der Waals surface area contributed by atoms with Crippen molar-refractivity contribution < 1.29 is 12.8 Å². The van der Waals surface area contributed by atoms with Crippen molar-refractivity contribution in [2.24, 2.45) is 0 Å². The molecule has 0 unspecified atom stereocenters. The third-order valence-electron chi connectivity index (χ3n) is 3.80. The van der Waals surface area contributed by atoms with Gasteiger partial charge in [0.05, 0.1) is 4.90 Å². The van der Waals surface area contributed by atoms with E-state index in [0.717, 1.165) is 25.9 Å². The van der Waals surface area contributed by atoms with E-state index in [9.17, 15) is 8.42 Å². The molecule has 0 spiro atoms. The molecule has 7 nitrogen and oxygen atoms in total. The lowest BCUT2D eigenvalue weighted by Crippen LogP contribution is -2.35. The second-order valence-corrected chi connectivity index (χ2v) is 7.76. The molecule has 1 aliphatic rings. The molecule has 0 saturated carbocycles. The van der Waals surface area contributed by atoms with Gasteiger partial charge in [-0.1, -0.05) is 0 Å². The lowest BCUT2D eigenvalue weighted by Gasteiger charge is -2.22. The number of halogens is 2. The van der Waals surface area contributed by atoms with E-state index in [1.165, 1.54) is 24.5 Å². The number of hydrogen-bond acceptors (Lipinski definition) is 6. The van der Waals surface area contributed by atoms with Gasteiger partial charge < -0.3 is 15.1 Å². The minimum Gasteiger partial charge on any atom is -0.424 e. The van der Waals surface area contributed by atoms with Crippen LogP contribution in [0.4, 0.5) is 6.01 Å². The fourth-order valence-corrected chi connectivity index (χ4v) is 3.40. The van der Waals surface area contributed by atoms with Crippen molar-refractivity contribution in [3.8, 4) is 0 Å². The first-order valence-corrected chi connectivity index (χ1v) is 8.71. The average molecular weight is 486 g/mol. The van der Waals surface area contributed by atoms with Crippen LogP contribution in [0.15, 0.2) is 27.5 Å². The van der Waals surface area contributed by atoms with E-state index in [2.05, 4.69) is 15.6 Å². The summed E-state index contributed by atoms with van der Waals surface area (Å²) in [4.78, 5) is 4.57. The fraction of sp³-hybridized carbons (Fsp3) is 0.500. The van der Waals surface area contributed by atoms with E-state index in [1.807, 2.05) is 0 Å². The Morgan fingerprint density at radius 3 is 2.54 bits per heavy atom. The number of hydrogen-bond donors (Lipinski definition) is 2. The highest BCUT2D eigenvalue weighted by molar-refractivity contribution is 8.93. The maximum absolute atomic E-state index is 12.1. The van der Waals surface area contributed by atoms with Gasteiger partial charge in [0.2, 0.25) is 10.0 Å². The van der Waals surface area contributed by atoms with Gasteiger partial charge in [-0.05, 0) is 44.1 Å². The highest BCUT2D eigenvalue weighted by Crippen LogP contribution is 2.24. The van der Waals surface area contributed by atoms with Crippen LogP contribution < -0.4 is 10.6 Å². The van der Waals surface area contributed by atoms with E-state index in [4.69, 9.17) is 4.42 Å². The molecule has 1 aromatic heterocycles. The summed E-state index contributed by atoms with van der Waals surface area (Å²) in [7, 11) is -0.451. The second kappa shape index (κ2) is 8.61. The summed E-state index contributed by atoms with van der Waals surface area (Å²) in [6, 6.07) is 5.51. The van der Waals surface area contributed by atoms with Crippen LogP contribution in [-0.2, 0) is 10.0 Å². The van der Waals surface area contributed by atoms with Crippen LogP contribution in [0.1, 0.15) is 12.8 Å². The first kappa shape index (κ1) is 21.4. The first-order valence-electron chi connectivity index (χ1n) is 7.27. The van der Waals surface area contributed by atoms with Gasteiger partial charge in [-0.15, -0.1) is 34.0 Å². The zero-order valence-electron chi connectivity index (χ0n) is 13.5. The van der Waals surface area contributed by atoms with Crippen molar-refractivity contribution in [2.45, 2.75) is 23.8 Å². The molecule has 1 fully saturated rings. The molecule has 0 amide bonds. The van der Waals surface area contributed by atoms with Crippen LogP contribution >= 0.6 is 34.0 Å². The largest absolute Gasteiger partial charge is 0.424 e. The number of aromatic nitrogens is 1. The Morgan fingerprint density at radius 1 is 1.25 bits per heavy atom. The number of nitrogens with zero attached hydrogens (tertiary/aromatic N) is 2. The van der Waals surface area contributed by atoms with Gasteiger partial charge in [0, 0.05) is 20.1 Å². The molecule has 3 rings (SSSR count). The van der Waals surface area contributed by atoms with Crippen LogP contribution in [-0.4, -0.2) is 50.9 Å². The standard InChI is InChI=1S/C14H20N4O3S.2BrH/c1-18(2)22(19,20)11-3-4-13-12(9-11)17-14(21-13)16-10-5-7-15-8-6-10;;/h3-4,9-10,15H,5-8H2,1-2H3,(H,16,17);2*1H. The molecule has 2 aromatic rings. The Bertz CT molecular complexity index is 773. The van der Waals surface area contributed by atoms with Crippen molar-refractivity contribution in [1.82, 2.24) is 14.6 Å². The number of rotatable bonds is 4. The summed E-state index contributed by atoms with van der Waals surface area (Å²) in [6.45, 7) is 1.95. The van der Waals surface area contributed by atoms with Gasteiger partial charge in [-0.3, -0.25) is 0 Å². The smallest absolute Gasteiger partial charge is 0.295 e. The van der Waals surface area contributed by atoms with Crippen molar-refractivity contribution in [2.75, 3.05) is 32.5 Å². The van der Waals surface area contributed by atoms with Crippen LogP contribution in [0, 0.1) is 0 Å². The van der Waals surface area contributed by atoms with Gasteiger partial charge >= 0.3 is 0 Å². The number of sulfonamides is 1. The molecule has 0 aliphatic carbocycles. The summed E-state index contributed by atoms with van der Waals surface area (Å²) in [5, 5.41) is 6.57. The summed E-state index contributed by atoms with van der Waals surface area (Å²) >= 11 is 0. The van der Waals surface area contributed by atoms with Crippen LogP contribution in [0.5, 0.6) is 0 Å². The molecule has 1 aromatic carbocycles. The number of nitrogens with one attached hydrogen (secondary N) is 2. The van der Waals surface area contributed by atoms with Gasteiger partial charge in [0.1, 0.15) is 5.52 Å². The Labute approximate surface area is 162 Å². The highest BCUT2D eigenvalue weighted by atomic mass is 79.9. The predicted octanol–water partition coefficient (Wildman–Crippen LogP) is 2.40. The second-order valence-electron chi connectivity index (χ2n) is 5.60. The Balaban J connectivity index is 0.00000144. The van der Waals surface area contributed by atoms with Crippen LogP contribution in [0.2, 0.25) is 0 Å². The molecular weight excluding hydrogens is 464 g/mol. The molecule has 0 radical (unpaired) electrons. The number of fused-ring (bicyclic) bond motifs is 1. The number of oxazole rings is 1. The molecule has 0 bridgehead atoms. The van der Waals surface area contributed by atoms with E-state index in [0.29, 0.717) is 23.2 Å². The molecule has 2 heterocycles. The quantitative estimate of drug-likeness (QED) is 0.691. The molecule has 0 atom stereocenters. The molecule has 2 N–H and O–H groups in total. The average Bonchev–Trinajstić information content (AvgIpc) is 2.89. The minimum atomic E-state index is -3.46. The Morgan fingerprint density at radius 2 is 1.92 bits per heavy atom. The van der Waals surface area contributed by atoms with Crippen LogP contribution in [0.25, 0.3) is 11.1 Å². The highest BCUT2D eigenvalue weighted by Gasteiger charge is 2.20. The summed E-state index contributed by atoms with van der Waals surface area (Å²) in [5.41, 5.74) is 1.12. The van der Waals surface area contributed by atoms with Gasteiger partial charge in [0.15, 0.2) is 5.58 Å². The maximum Gasteiger partial charge on any atom is 0.295 e. The summed E-state index contributed by atoms with van der Waals surface area (Å²) < 4.78 is 31.1. The zero-order valence-corrected chi connectivity index (χ0v) is 17.7. The van der Waals surface area contributed by atoms with E-state index >= 15 is 0 Å². The maximum atomic E-state index is 12.1. The topological polar surface area (TPSA) is 87.5 Å². The fourth-order valence-electron chi connectivity index (χ4n) is 2.48. The SMILES string of the molecule is Br.Br.CN(C)S(=O)(=O)c1ccc2oc(NC3CCNCC3)nc2c1. The summed E-state index contributed by atoms with van der Waals surface area (Å²) in [6.07, 6.45) is 2.03. The van der Waals surface area contributed by atoms with Crippen molar-refractivity contribution in [3.05, 3.63) is 18.2 Å². The first-order chi connectivity index (χ1) is 10.5. The Kier molecular flexibility index (Phi) is 7.67. The van der Waals surface area contributed by atoms with E-state index in [-0.39, 0.29) is 38.9 Å². The van der Waals surface area contributed by atoms with E-state index < -0.39 is 10.0 Å². The predicted molar refractivity (Wildman–Crippen MR) is 105 cm³/mol. The van der Waals surface area contributed by atoms with Crippen molar-refractivity contribution in [3.63, 3.8) is 0 Å². The Hall–Kier alpha value is -0.680. The van der Waals surface area contributed by atoms with Gasteiger partial charge in [-0.25, -0.2) is 12.7 Å². The van der Waals surface area contributed by atoms with Gasteiger partial charge in [-0.2, -0.15) is 4.98 Å². The number of piperidine rings is 1. The molecule has 24 heavy (non-hydrogen) atoms. The van der Waals surface area contributed by atoms with Crippen LogP contribution in [0.3, 0.4) is 0 Å². The molecule has 1 aliphatic heterocycles. The van der Waals surface area contributed by atoms with Crippen molar-refractivity contribution >= 4 is 61.1 Å². The zero-order chi connectivity index (χ0) is 15.7. The molecule has 136 valence electrons. The molecular formula is C14H22Br2N4O3S. The van der Waals surface area contributed by atoms with Gasteiger partial charge in [0.25, 0.3) is 6.01 Å². The molecule has 10 heteroatoms. The summed E-state index contributed by atoms with van der Waals surface area (Å²) in [5.74, 6) is 0. The monoisotopic (exact) mass is 484 g/mol. The normalized spacial score (nSPS) is 15.8. The van der Waals surface area contributed by atoms with E-state index in [1.54, 1.807) is 12.1 Å². The number of anilines is 1. The minimum absolute atomic E-state index is 0. The molecule has 1 saturated heterocycles. The van der Waals surface area contributed by atoms with Crippen molar-refractivity contribution in [1.29, 1.82) is 0 Å².